The quantitative estimate of drug-likeness (QED) is 0.849. The van der Waals surface area contributed by atoms with Crippen LogP contribution in [0.2, 0.25) is 0 Å². The lowest BCUT2D eigenvalue weighted by Crippen LogP contribution is -2.32. The van der Waals surface area contributed by atoms with E-state index in [0.717, 1.165) is 5.56 Å². The summed E-state index contributed by atoms with van der Waals surface area (Å²) in [5, 5.41) is 6.89. The average Bonchev–Trinajstić information content (AvgIpc) is 2.77. The van der Waals surface area contributed by atoms with Gasteiger partial charge in [-0.1, -0.05) is 30.3 Å². The van der Waals surface area contributed by atoms with E-state index in [0.29, 0.717) is 12.2 Å². The van der Waals surface area contributed by atoms with Crippen LogP contribution in [0.4, 0.5) is 5.69 Å². The minimum absolute atomic E-state index is 0.214. The molecule has 1 aromatic heterocycles. The average molecular weight is 244 g/mol. The lowest BCUT2D eigenvalue weighted by Gasteiger charge is -2.04. The van der Waals surface area contributed by atoms with Crippen LogP contribution in [0.1, 0.15) is 12.5 Å². The summed E-state index contributed by atoms with van der Waals surface area (Å²) in [6.07, 6.45) is 3.40. The molecule has 0 bridgehead atoms. The molecule has 1 amide bonds. The number of nitrogens with two attached hydrogens (primary N) is 1. The Kier molecular flexibility index (Phi) is 3.74. The molecule has 0 fully saturated rings. The van der Waals surface area contributed by atoms with Gasteiger partial charge in [-0.05, 0) is 12.5 Å². The third-order valence-corrected chi connectivity index (χ3v) is 2.50. The van der Waals surface area contributed by atoms with Gasteiger partial charge in [0.25, 0.3) is 0 Å². The Morgan fingerprint density at radius 2 is 2.17 bits per heavy atom. The van der Waals surface area contributed by atoms with Gasteiger partial charge in [-0.25, -0.2) is 0 Å². The Bertz CT molecular complexity index is 519. The predicted molar refractivity (Wildman–Crippen MR) is 70.1 cm³/mol. The largest absolute Gasteiger partial charge is 0.322 e. The topological polar surface area (TPSA) is 72.9 Å². The van der Waals surface area contributed by atoms with E-state index in [9.17, 15) is 4.79 Å². The number of anilines is 1. The van der Waals surface area contributed by atoms with E-state index in [-0.39, 0.29) is 5.91 Å². The minimum Gasteiger partial charge on any atom is -0.322 e. The fraction of sp³-hybridized carbons (Fsp3) is 0.231. The molecular formula is C13H16N4O. The number of carbonyl (C=O) groups excluding carboxylic acids is 1. The smallest absolute Gasteiger partial charge is 0.241 e. The zero-order valence-corrected chi connectivity index (χ0v) is 10.2. The summed E-state index contributed by atoms with van der Waals surface area (Å²) in [6.45, 7) is 2.32. The molecule has 0 spiro atoms. The van der Waals surface area contributed by atoms with E-state index >= 15 is 0 Å². The van der Waals surface area contributed by atoms with Crippen LogP contribution in [-0.4, -0.2) is 21.7 Å². The van der Waals surface area contributed by atoms with Gasteiger partial charge >= 0.3 is 0 Å². The maximum atomic E-state index is 11.4. The summed E-state index contributed by atoms with van der Waals surface area (Å²) < 4.78 is 1.77. The van der Waals surface area contributed by atoms with Gasteiger partial charge in [-0.2, -0.15) is 5.10 Å². The van der Waals surface area contributed by atoms with Gasteiger partial charge in [-0.15, -0.1) is 0 Å². The monoisotopic (exact) mass is 244 g/mol. The second kappa shape index (κ2) is 5.46. The molecule has 0 aliphatic heterocycles. The first-order valence-corrected chi connectivity index (χ1v) is 5.78. The SMILES string of the molecule is CC(N)C(=O)Nc1cnn(Cc2ccccc2)c1. The molecule has 94 valence electrons. The highest BCUT2D eigenvalue weighted by Crippen LogP contribution is 2.08. The highest BCUT2D eigenvalue weighted by molar-refractivity contribution is 5.94. The van der Waals surface area contributed by atoms with Gasteiger partial charge in [0.05, 0.1) is 24.5 Å². The summed E-state index contributed by atoms with van der Waals surface area (Å²) in [5.74, 6) is -0.214. The van der Waals surface area contributed by atoms with Gasteiger partial charge in [0.2, 0.25) is 5.91 Å². The number of hydrogen-bond donors (Lipinski definition) is 2. The van der Waals surface area contributed by atoms with E-state index in [4.69, 9.17) is 5.73 Å². The molecule has 2 rings (SSSR count). The minimum atomic E-state index is -0.525. The molecule has 1 unspecified atom stereocenters. The van der Waals surface area contributed by atoms with Crippen molar-refractivity contribution in [2.24, 2.45) is 5.73 Å². The first-order chi connectivity index (χ1) is 8.65. The maximum absolute atomic E-state index is 11.4. The zero-order chi connectivity index (χ0) is 13.0. The van der Waals surface area contributed by atoms with Crippen molar-refractivity contribution in [1.82, 2.24) is 9.78 Å². The Balaban J connectivity index is 2.00. The number of carbonyl (C=O) groups is 1. The van der Waals surface area contributed by atoms with Gasteiger partial charge in [0.1, 0.15) is 0 Å². The van der Waals surface area contributed by atoms with Crippen molar-refractivity contribution < 1.29 is 4.79 Å². The summed E-state index contributed by atoms with van der Waals surface area (Å²) in [4.78, 5) is 11.4. The van der Waals surface area contributed by atoms with E-state index in [1.54, 1.807) is 24.0 Å². The lowest BCUT2D eigenvalue weighted by atomic mass is 10.2. The first-order valence-electron chi connectivity index (χ1n) is 5.78. The number of hydrogen-bond acceptors (Lipinski definition) is 3. The standard InChI is InChI=1S/C13H16N4O/c1-10(14)13(18)16-12-7-15-17(9-12)8-11-5-3-2-4-6-11/h2-7,9-10H,8,14H2,1H3,(H,16,18). The molecular weight excluding hydrogens is 228 g/mol. The third-order valence-electron chi connectivity index (χ3n) is 2.50. The number of nitrogens with one attached hydrogen (secondary N) is 1. The van der Waals surface area contributed by atoms with Gasteiger partial charge in [-0.3, -0.25) is 9.48 Å². The Morgan fingerprint density at radius 1 is 1.44 bits per heavy atom. The number of rotatable bonds is 4. The number of benzene rings is 1. The first kappa shape index (κ1) is 12.3. The maximum Gasteiger partial charge on any atom is 0.241 e. The molecule has 2 aromatic rings. The van der Waals surface area contributed by atoms with E-state index in [2.05, 4.69) is 10.4 Å². The Morgan fingerprint density at radius 3 is 2.83 bits per heavy atom. The van der Waals surface area contributed by atoms with Crippen molar-refractivity contribution in [2.45, 2.75) is 19.5 Å². The van der Waals surface area contributed by atoms with Crippen LogP contribution < -0.4 is 11.1 Å². The van der Waals surface area contributed by atoms with Crippen molar-refractivity contribution in [3.8, 4) is 0 Å². The van der Waals surface area contributed by atoms with Crippen LogP contribution in [0.3, 0.4) is 0 Å². The van der Waals surface area contributed by atoms with Crippen LogP contribution in [0.15, 0.2) is 42.7 Å². The van der Waals surface area contributed by atoms with Crippen LogP contribution in [0.25, 0.3) is 0 Å². The fourth-order valence-electron chi connectivity index (χ4n) is 1.54. The Hall–Kier alpha value is -2.14. The fourth-order valence-corrected chi connectivity index (χ4v) is 1.54. The van der Waals surface area contributed by atoms with Crippen molar-refractivity contribution in [1.29, 1.82) is 0 Å². The molecule has 0 saturated heterocycles. The zero-order valence-electron chi connectivity index (χ0n) is 10.2. The molecule has 0 aliphatic carbocycles. The molecule has 1 aromatic carbocycles. The number of aromatic nitrogens is 2. The second-order valence-corrected chi connectivity index (χ2v) is 4.19. The molecule has 1 atom stereocenters. The molecule has 18 heavy (non-hydrogen) atoms. The van der Waals surface area contributed by atoms with Gasteiger partial charge in [0.15, 0.2) is 0 Å². The predicted octanol–water partition coefficient (Wildman–Crippen LogP) is 1.22. The van der Waals surface area contributed by atoms with Gasteiger partial charge < -0.3 is 11.1 Å². The van der Waals surface area contributed by atoms with Crippen molar-refractivity contribution in [2.75, 3.05) is 5.32 Å². The van der Waals surface area contributed by atoms with Gasteiger partial charge in [0, 0.05) is 6.20 Å². The van der Waals surface area contributed by atoms with Crippen LogP contribution in [0, 0.1) is 0 Å². The van der Waals surface area contributed by atoms with Crippen LogP contribution in [-0.2, 0) is 11.3 Å². The molecule has 0 aliphatic rings. The third kappa shape index (κ3) is 3.18. The highest BCUT2D eigenvalue weighted by Gasteiger charge is 2.08. The van der Waals surface area contributed by atoms with E-state index in [1.165, 1.54) is 0 Å². The molecule has 0 saturated carbocycles. The lowest BCUT2D eigenvalue weighted by molar-refractivity contribution is -0.117. The normalized spacial score (nSPS) is 12.1. The molecule has 5 heteroatoms. The molecule has 1 heterocycles. The van der Waals surface area contributed by atoms with Crippen molar-refractivity contribution in [3.63, 3.8) is 0 Å². The molecule has 0 radical (unpaired) electrons. The van der Waals surface area contributed by atoms with Crippen molar-refractivity contribution in [3.05, 3.63) is 48.3 Å². The van der Waals surface area contributed by atoms with Crippen LogP contribution >= 0.6 is 0 Å². The summed E-state index contributed by atoms with van der Waals surface area (Å²) in [7, 11) is 0. The second-order valence-electron chi connectivity index (χ2n) is 4.19. The van der Waals surface area contributed by atoms with Crippen molar-refractivity contribution >= 4 is 11.6 Å². The number of nitrogens with zero attached hydrogens (tertiary/aromatic N) is 2. The highest BCUT2D eigenvalue weighted by atomic mass is 16.2. The van der Waals surface area contributed by atoms with E-state index < -0.39 is 6.04 Å². The molecule has 5 nitrogen and oxygen atoms in total. The van der Waals surface area contributed by atoms with Crippen LogP contribution in [0.5, 0.6) is 0 Å². The summed E-state index contributed by atoms with van der Waals surface area (Å²) in [6, 6.07) is 9.47. The number of amides is 1. The Labute approximate surface area is 106 Å². The summed E-state index contributed by atoms with van der Waals surface area (Å²) in [5.41, 5.74) is 7.29. The van der Waals surface area contributed by atoms with E-state index in [1.807, 2.05) is 30.3 Å². The molecule has 3 N–H and O–H groups in total. The summed E-state index contributed by atoms with van der Waals surface area (Å²) >= 11 is 0.